The Bertz CT molecular complexity index is 199. The molecule has 1 saturated heterocycles. The van der Waals surface area contributed by atoms with Crippen LogP contribution < -0.4 is 0 Å². The molecule has 0 aromatic carbocycles. The predicted molar refractivity (Wildman–Crippen MR) is 43.0 cm³/mol. The Morgan fingerprint density at radius 2 is 2.15 bits per heavy atom. The van der Waals surface area contributed by atoms with Gasteiger partial charge < -0.3 is 20.1 Å². The Morgan fingerprint density at radius 1 is 1.54 bits per heavy atom. The van der Waals surface area contributed by atoms with E-state index in [1.54, 1.807) is 6.92 Å². The van der Waals surface area contributed by atoms with Crippen LogP contribution in [0.25, 0.3) is 0 Å². The maximum Gasteiger partial charge on any atom is 0.143 e. The lowest BCUT2D eigenvalue weighted by Crippen LogP contribution is -2.48. The molecule has 0 amide bonds. The molecule has 13 heavy (non-hydrogen) atoms. The summed E-state index contributed by atoms with van der Waals surface area (Å²) in [6.07, 6.45) is -2.97. The molecule has 3 N–H and O–H groups in total. The lowest BCUT2D eigenvalue weighted by atomic mass is 9.96. The van der Waals surface area contributed by atoms with Gasteiger partial charge in [-0.1, -0.05) is 5.18 Å². The monoisotopic (exact) mass is 191 g/mol. The highest BCUT2D eigenvalue weighted by Gasteiger charge is 2.52. The minimum atomic E-state index is -1.43. The Morgan fingerprint density at radius 3 is 2.46 bits per heavy atom. The molecule has 1 heterocycles. The van der Waals surface area contributed by atoms with Crippen LogP contribution in [0.3, 0.4) is 0 Å². The van der Waals surface area contributed by atoms with Gasteiger partial charge in [0.25, 0.3) is 0 Å². The molecule has 0 aromatic rings. The van der Waals surface area contributed by atoms with Crippen LogP contribution in [0.1, 0.15) is 6.92 Å². The van der Waals surface area contributed by atoms with Crippen molar-refractivity contribution in [2.24, 2.45) is 5.18 Å². The summed E-state index contributed by atoms with van der Waals surface area (Å²) in [5.41, 5.74) is -1.43. The molecule has 1 aliphatic heterocycles. The second kappa shape index (κ2) is 3.67. The molecule has 1 aliphatic rings. The zero-order chi connectivity index (χ0) is 10.1. The van der Waals surface area contributed by atoms with Gasteiger partial charge in [-0.15, -0.1) is 0 Å². The molecule has 0 bridgehead atoms. The Labute approximate surface area is 75.1 Å². The van der Waals surface area contributed by atoms with Gasteiger partial charge in [0.15, 0.2) is 0 Å². The summed E-state index contributed by atoms with van der Waals surface area (Å²) in [5.74, 6) is 0. The van der Waals surface area contributed by atoms with Crippen molar-refractivity contribution < 1.29 is 20.1 Å². The maximum atomic E-state index is 10.0. The fourth-order valence-corrected chi connectivity index (χ4v) is 1.50. The van der Waals surface area contributed by atoms with Gasteiger partial charge in [-0.3, -0.25) is 0 Å². The van der Waals surface area contributed by atoms with Crippen LogP contribution in [0.15, 0.2) is 5.18 Å². The quantitative estimate of drug-likeness (QED) is 0.478. The fraction of sp³-hybridized carbons (Fsp3) is 1.00. The van der Waals surface area contributed by atoms with Gasteiger partial charge in [0.2, 0.25) is 0 Å². The highest BCUT2D eigenvalue weighted by atomic mass is 16.6. The van der Waals surface area contributed by atoms with Crippen LogP contribution in [0.4, 0.5) is 0 Å². The third-order valence-corrected chi connectivity index (χ3v) is 2.36. The Hall–Kier alpha value is -0.560. The van der Waals surface area contributed by atoms with E-state index in [1.165, 1.54) is 0 Å². The summed E-state index contributed by atoms with van der Waals surface area (Å²) in [5, 5.41) is 30.3. The first-order valence-corrected chi connectivity index (χ1v) is 4.01. The lowest BCUT2D eigenvalue weighted by molar-refractivity contribution is -0.101. The number of aliphatic hydroxyl groups is 3. The maximum absolute atomic E-state index is 10.0. The fourth-order valence-electron chi connectivity index (χ4n) is 1.50. The molecule has 0 aromatic heterocycles. The molecule has 1 rings (SSSR count). The lowest BCUT2D eigenvalue weighted by Gasteiger charge is -2.26. The minimum absolute atomic E-state index is 0.369. The average Bonchev–Trinajstić information content (AvgIpc) is 2.32. The van der Waals surface area contributed by atoms with E-state index in [1.807, 2.05) is 0 Å². The van der Waals surface area contributed by atoms with Crippen LogP contribution in [-0.2, 0) is 4.74 Å². The van der Waals surface area contributed by atoms with E-state index in [9.17, 15) is 15.1 Å². The van der Waals surface area contributed by atoms with Crippen LogP contribution >= 0.6 is 0 Å². The van der Waals surface area contributed by atoms with E-state index in [0.29, 0.717) is 0 Å². The number of ether oxygens (including phenoxy) is 1. The van der Waals surface area contributed by atoms with Crippen LogP contribution in [0, 0.1) is 4.91 Å². The largest absolute Gasteiger partial charge is 0.393 e. The predicted octanol–water partition coefficient (Wildman–Crippen LogP) is -1.38. The van der Waals surface area contributed by atoms with Gasteiger partial charge in [0.1, 0.15) is 24.4 Å². The normalized spacial score (nSPS) is 45.1. The summed E-state index contributed by atoms with van der Waals surface area (Å²) in [6.45, 7) is 0.642. The zero-order valence-electron chi connectivity index (χ0n) is 7.25. The standard InChI is InChI=1S/C7H13NO5/c1-4-5(10)6(11)7(3-9,13-4)2-8-12/h4-6,9-11H,2-3H2,1H3/t4-,5?,6?,7+/m0/s1. The van der Waals surface area contributed by atoms with Gasteiger partial charge in [0, 0.05) is 0 Å². The summed E-state index contributed by atoms with van der Waals surface area (Å²) >= 11 is 0. The third kappa shape index (κ3) is 1.58. The number of nitroso groups, excluding NO2 is 1. The first-order valence-electron chi connectivity index (χ1n) is 4.01. The Balaban J connectivity index is 2.82. The van der Waals surface area contributed by atoms with E-state index in [2.05, 4.69) is 5.18 Å². The van der Waals surface area contributed by atoms with Gasteiger partial charge in [-0.25, -0.2) is 0 Å². The number of rotatable bonds is 3. The van der Waals surface area contributed by atoms with E-state index >= 15 is 0 Å². The van der Waals surface area contributed by atoms with Crippen molar-refractivity contribution in [2.75, 3.05) is 13.2 Å². The number of hydrogen-bond acceptors (Lipinski definition) is 6. The van der Waals surface area contributed by atoms with Crippen LogP contribution in [-0.4, -0.2) is 52.4 Å². The molecule has 0 radical (unpaired) electrons. The minimum Gasteiger partial charge on any atom is -0.393 e. The molecule has 0 spiro atoms. The number of nitrogens with zero attached hydrogens (tertiary/aromatic N) is 1. The number of hydrogen-bond donors (Lipinski definition) is 3. The molecule has 6 heteroatoms. The highest BCUT2D eigenvalue weighted by molar-refractivity contribution is 5.02. The van der Waals surface area contributed by atoms with E-state index in [-0.39, 0.29) is 6.54 Å². The smallest absolute Gasteiger partial charge is 0.143 e. The van der Waals surface area contributed by atoms with Crippen molar-refractivity contribution in [1.29, 1.82) is 0 Å². The average molecular weight is 191 g/mol. The summed E-state index contributed by atoms with van der Waals surface area (Å²) < 4.78 is 5.12. The molecule has 2 unspecified atom stereocenters. The van der Waals surface area contributed by atoms with Gasteiger partial charge in [0.05, 0.1) is 12.7 Å². The van der Waals surface area contributed by atoms with Crippen molar-refractivity contribution in [1.82, 2.24) is 0 Å². The van der Waals surface area contributed by atoms with E-state index in [4.69, 9.17) is 9.84 Å². The first kappa shape index (κ1) is 10.5. The zero-order valence-corrected chi connectivity index (χ0v) is 7.25. The highest BCUT2D eigenvalue weighted by Crippen LogP contribution is 2.31. The molecule has 4 atom stereocenters. The second-order valence-electron chi connectivity index (χ2n) is 3.27. The molecule has 0 saturated carbocycles. The topological polar surface area (TPSA) is 99.4 Å². The molecular formula is C7H13NO5. The van der Waals surface area contributed by atoms with Crippen molar-refractivity contribution >= 4 is 0 Å². The molecule has 6 nitrogen and oxygen atoms in total. The van der Waals surface area contributed by atoms with Crippen molar-refractivity contribution in [3.8, 4) is 0 Å². The third-order valence-electron chi connectivity index (χ3n) is 2.36. The van der Waals surface area contributed by atoms with Crippen LogP contribution in [0.2, 0.25) is 0 Å². The first-order chi connectivity index (χ1) is 6.07. The van der Waals surface area contributed by atoms with Crippen molar-refractivity contribution in [3.05, 3.63) is 4.91 Å². The molecular weight excluding hydrogens is 178 g/mol. The van der Waals surface area contributed by atoms with Gasteiger partial charge in [-0.2, -0.15) is 4.91 Å². The van der Waals surface area contributed by atoms with E-state index in [0.717, 1.165) is 0 Å². The Kier molecular flexibility index (Phi) is 2.97. The summed E-state index contributed by atoms with van der Waals surface area (Å²) in [4.78, 5) is 10.0. The van der Waals surface area contributed by atoms with Gasteiger partial charge in [-0.05, 0) is 6.92 Å². The summed E-state index contributed by atoms with van der Waals surface area (Å²) in [6, 6.07) is 0. The summed E-state index contributed by atoms with van der Waals surface area (Å²) in [7, 11) is 0. The van der Waals surface area contributed by atoms with Crippen LogP contribution in [0.5, 0.6) is 0 Å². The number of aliphatic hydroxyl groups excluding tert-OH is 3. The van der Waals surface area contributed by atoms with E-state index < -0.39 is 30.5 Å². The molecule has 0 aliphatic carbocycles. The SMILES string of the molecule is C[C@@H]1O[C@@](CO)(CN=O)C(O)C1O. The molecule has 76 valence electrons. The molecule has 1 fully saturated rings. The van der Waals surface area contributed by atoms with Crippen molar-refractivity contribution in [2.45, 2.75) is 30.8 Å². The second-order valence-corrected chi connectivity index (χ2v) is 3.27. The van der Waals surface area contributed by atoms with Gasteiger partial charge >= 0.3 is 0 Å². The van der Waals surface area contributed by atoms with Crippen molar-refractivity contribution in [3.63, 3.8) is 0 Å².